The van der Waals surface area contributed by atoms with Gasteiger partial charge in [0.1, 0.15) is 11.9 Å². The summed E-state index contributed by atoms with van der Waals surface area (Å²) in [6, 6.07) is 7.79. The van der Waals surface area contributed by atoms with Gasteiger partial charge < -0.3 is 0 Å². The maximum Gasteiger partial charge on any atom is 0.211 e. The van der Waals surface area contributed by atoms with E-state index in [0.717, 1.165) is 0 Å². The number of allylic oxidation sites excluding steroid dienone is 2. The number of Topliss-reactive ketones (excluding diaryl/α,β-unsaturated/α-hetero) is 1. The largest absolute Gasteiger partial charge is 0.288 e. The minimum Gasteiger partial charge on any atom is -0.288 e. The second-order valence-electron chi connectivity index (χ2n) is 2.80. The molecule has 78 valence electrons. The third kappa shape index (κ3) is 2.49. The Morgan fingerprint density at radius 3 is 2.19 bits per heavy atom. The lowest BCUT2D eigenvalue weighted by molar-refractivity contribution is -0.110. The van der Waals surface area contributed by atoms with Crippen LogP contribution < -0.4 is 0 Å². The van der Waals surface area contributed by atoms with E-state index in [2.05, 4.69) is 0 Å². The maximum atomic E-state index is 11.6. The van der Waals surface area contributed by atoms with Gasteiger partial charge >= 0.3 is 0 Å². The van der Waals surface area contributed by atoms with Crippen LogP contribution in [0.2, 0.25) is 0 Å². The molecule has 0 heterocycles. The van der Waals surface area contributed by atoms with Gasteiger partial charge in [0.15, 0.2) is 5.57 Å². The molecule has 0 amide bonds. The number of benzene rings is 1. The molecule has 0 fully saturated rings. The molecule has 0 spiro atoms. The second-order valence-corrected chi connectivity index (χ2v) is 2.80. The van der Waals surface area contributed by atoms with Crippen LogP contribution in [0, 0.1) is 0 Å². The van der Waals surface area contributed by atoms with Crippen LogP contribution in [0.3, 0.4) is 0 Å². The van der Waals surface area contributed by atoms with Gasteiger partial charge in [-0.15, -0.1) is 0 Å². The standard InChI is InChI=1S/C12H6O4/c13-7-6-11(15)10(8-14)12(16)9-4-2-1-3-5-9/h1-6H. The highest BCUT2D eigenvalue weighted by atomic mass is 16.2. The van der Waals surface area contributed by atoms with Crippen molar-refractivity contribution in [3.8, 4) is 0 Å². The van der Waals surface area contributed by atoms with E-state index in [1.165, 1.54) is 24.0 Å². The summed E-state index contributed by atoms with van der Waals surface area (Å²) in [6.45, 7) is 0. The molecule has 0 aliphatic heterocycles. The van der Waals surface area contributed by atoms with Crippen molar-refractivity contribution in [1.29, 1.82) is 0 Å². The van der Waals surface area contributed by atoms with E-state index in [1.807, 2.05) is 0 Å². The smallest absolute Gasteiger partial charge is 0.211 e. The molecule has 1 aromatic carbocycles. The highest BCUT2D eigenvalue weighted by molar-refractivity contribution is 6.34. The van der Waals surface area contributed by atoms with Gasteiger partial charge in [-0.05, 0) is 0 Å². The molecule has 0 bridgehead atoms. The van der Waals surface area contributed by atoms with Gasteiger partial charge in [0.2, 0.25) is 11.6 Å². The van der Waals surface area contributed by atoms with Gasteiger partial charge in [0, 0.05) is 5.56 Å². The fourth-order valence-electron chi connectivity index (χ4n) is 1.07. The van der Waals surface area contributed by atoms with Crippen LogP contribution in [0.4, 0.5) is 0 Å². The van der Waals surface area contributed by atoms with Gasteiger partial charge in [0.05, 0.1) is 6.08 Å². The van der Waals surface area contributed by atoms with E-state index in [-0.39, 0.29) is 5.56 Å². The lowest BCUT2D eigenvalue weighted by atomic mass is 10.0. The summed E-state index contributed by atoms with van der Waals surface area (Å²) in [7, 11) is 0. The molecule has 1 aromatic rings. The van der Waals surface area contributed by atoms with Crippen molar-refractivity contribution in [3.63, 3.8) is 0 Å². The fraction of sp³-hybridized carbons (Fsp3) is 0. The van der Waals surface area contributed by atoms with Gasteiger partial charge in [-0.1, -0.05) is 30.3 Å². The van der Waals surface area contributed by atoms with Gasteiger partial charge in [-0.2, -0.15) is 0 Å². The third-order valence-corrected chi connectivity index (χ3v) is 1.80. The molecule has 0 radical (unpaired) electrons. The molecule has 0 aliphatic rings. The molecule has 0 atom stereocenters. The second kappa shape index (κ2) is 5.37. The topological polar surface area (TPSA) is 68.3 Å². The van der Waals surface area contributed by atoms with E-state index in [4.69, 9.17) is 0 Å². The van der Waals surface area contributed by atoms with Crippen LogP contribution in [-0.4, -0.2) is 23.4 Å². The third-order valence-electron chi connectivity index (χ3n) is 1.80. The molecular formula is C12H6O4. The molecule has 4 nitrogen and oxygen atoms in total. The van der Waals surface area contributed by atoms with Crippen molar-refractivity contribution in [2.24, 2.45) is 0 Å². The Morgan fingerprint density at radius 2 is 1.69 bits per heavy atom. The number of ketones is 2. The monoisotopic (exact) mass is 214 g/mol. The first kappa shape index (κ1) is 11.5. The van der Waals surface area contributed by atoms with Crippen LogP contribution in [-0.2, 0) is 14.4 Å². The first-order chi connectivity index (χ1) is 7.70. The number of rotatable bonds is 4. The molecular weight excluding hydrogens is 208 g/mol. The van der Waals surface area contributed by atoms with Crippen LogP contribution in [0.25, 0.3) is 0 Å². The molecule has 1 rings (SSSR count). The quantitative estimate of drug-likeness (QED) is 0.242. The molecule has 0 aliphatic carbocycles. The highest BCUT2D eigenvalue weighted by Gasteiger charge is 2.19. The number of carbonyl (C=O) groups excluding carboxylic acids is 4. The molecule has 0 aromatic heterocycles. The Labute approximate surface area is 90.9 Å². The summed E-state index contributed by atoms with van der Waals surface area (Å²) >= 11 is 0. The first-order valence-corrected chi connectivity index (χ1v) is 4.30. The summed E-state index contributed by atoms with van der Waals surface area (Å²) in [6.07, 6.45) is 0.487. The van der Waals surface area contributed by atoms with Crippen molar-refractivity contribution in [2.45, 2.75) is 0 Å². The fourth-order valence-corrected chi connectivity index (χ4v) is 1.07. The molecule has 0 saturated heterocycles. The molecule has 0 N–H and O–H groups in total. The zero-order valence-electron chi connectivity index (χ0n) is 8.10. The molecule has 0 unspecified atom stereocenters. The Balaban J connectivity index is 3.10. The lowest BCUT2D eigenvalue weighted by Gasteiger charge is -1.97. The molecule has 16 heavy (non-hydrogen) atoms. The Kier molecular flexibility index (Phi) is 3.87. The number of carbonyl (C=O) groups is 2. The van der Waals surface area contributed by atoms with Crippen LogP contribution in [0.1, 0.15) is 10.4 Å². The summed E-state index contributed by atoms with van der Waals surface area (Å²) in [5, 5.41) is 0. The Morgan fingerprint density at radius 1 is 1.06 bits per heavy atom. The number of hydrogen-bond donors (Lipinski definition) is 0. The molecule has 0 saturated carbocycles. The predicted octanol–water partition coefficient (Wildman–Crippen LogP) is 0.584. The van der Waals surface area contributed by atoms with Crippen LogP contribution >= 0.6 is 0 Å². The van der Waals surface area contributed by atoms with E-state index in [1.54, 1.807) is 18.2 Å². The van der Waals surface area contributed by atoms with Gasteiger partial charge in [-0.3, -0.25) is 9.59 Å². The van der Waals surface area contributed by atoms with Crippen LogP contribution in [0.15, 0.2) is 42.0 Å². The SMILES string of the molecule is O=C=CC(=O)C(=C=O)C(=O)c1ccccc1. The lowest BCUT2D eigenvalue weighted by Crippen LogP contribution is -2.12. The van der Waals surface area contributed by atoms with Crippen molar-refractivity contribution >= 4 is 23.4 Å². The Bertz CT molecular complexity index is 515. The molecule has 4 heteroatoms. The van der Waals surface area contributed by atoms with Crippen molar-refractivity contribution in [1.82, 2.24) is 0 Å². The van der Waals surface area contributed by atoms with Gasteiger partial charge in [0.25, 0.3) is 0 Å². The minimum absolute atomic E-state index is 0.188. The van der Waals surface area contributed by atoms with E-state index in [9.17, 15) is 19.2 Å². The van der Waals surface area contributed by atoms with E-state index >= 15 is 0 Å². The zero-order valence-corrected chi connectivity index (χ0v) is 8.10. The van der Waals surface area contributed by atoms with Crippen LogP contribution in [0.5, 0.6) is 0 Å². The first-order valence-electron chi connectivity index (χ1n) is 4.30. The van der Waals surface area contributed by atoms with E-state index in [0.29, 0.717) is 6.08 Å². The van der Waals surface area contributed by atoms with Crippen molar-refractivity contribution in [3.05, 3.63) is 47.5 Å². The van der Waals surface area contributed by atoms with Gasteiger partial charge in [-0.25, -0.2) is 9.59 Å². The van der Waals surface area contributed by atoms with Crippen molar-refractivity contribution < 1.29 is 19.2 Å². The predicted molar refractivity (Wildman–Crippen MR) is 55.2 cm³/mol. The van der Waals surface area contributed by atoms with E-state index < -0.39 is 17.1 Å². The summed E-state index contributed by atoms with van der Waals surface area (Å²) in [5.74, 6) is 0.710. The Hall–Kier alpha value is -2.54. The number of hydrogen-bond acceptors (Lipinski definition) is 4. The van der Waals surface area contributed by atoms with Crippen molar-refractivity contribution in [2.75, 3.05) is 0 Å². The maximum absolute atomic E-state index is 11.6. The average Bonchev–Trinajstić information content (AvgIpc) is 2.31. The summed E-state index contributed by atoms with van der Waals surface area (Å²) in [4.78, 5) is 43.2. The summed E-state index contributed by atoms with van der Waals surface area (Å²) < 4.78 is 0. The summed E-state index contributed by atoms with van der Waals surface area (Å²) in [5.41, 5.74) is -0.511. The minimum atomic E-state index is -0.987. The normalized spacial score (nSPS) is 8.50. The highest BCUT2D eigenvalue weighted by Crippen LogP contribution is 2.06. The average molecular weight is 214 g/mol. The zero-order chi connectivity index (χ0) is 12.0.